The number of carboxylic acids is 1. The van der Waals surface area contributed by atoms with Crippen LogP contribution in [0.3, 0.4) is 0 Å². The molecule has 1 aliphatic heterocycles. The Labute approximate surface area is 243 Å². The van der Waals surface area contributed by atoms with E-state index >= 15 is 0 Å². The number of amides is 4. The van der Waals surface area contributed by atoms with Crippen LogP contribution in [0.15, 0.2) is 67.0 Å². The fourth-order valence-electron chi connectivity index (χ4n) is 4.65. The number of anilines is 2. The number of hydrogen-bond acceptors (Lipinski definition) is 7. The zero-order valence-corrected chi connectivity index (χ0v) is 23.0. The molecule has 1 fully saturated rings. The number of nitrogens with one attached hydrogen (secondary N) is 3. The van der Waals surface area contributed by atoms with Crippen LogP contribution in [0.4, 0.5) is 16.2 Å². The fraction of sp³-hybridized carbons (Fsp3) is 0.267. The number of carbonyl (C=O) groups is 4. The number of benzene rings is 2. The largest absolute Gasteiger partial charge is 0.481 e. The zero-order valence-electron chi connectivity index (χ0n) is 23.0. The summed E-state index contributed by atoms with van der Waals surface area (Å²) in [6, 6.07) is 15.6. The number of carboxylic acid groups (broad SMARTS) is 1. The lowest BCUT2D eigenvalue weighted by molar-refractivity contribution is -0.137. The molecular weight excluding hydrogens is 538 g/mol. The number of piperazine rings is 1. The number of carbonyl (C=O) groups excluding carboxylic acids is 3. The number of pyridine rings is 1. The quantitative estimate of drug-likeness (QED) is 0.305. The Hall–Kier alpha value is -5.44. The van der Waals surface area contributed by atoms with Crippen LogP contribution < -0.4 is 20.9 Å². The summed E-state index contributed by atoms with van der Waals surface area (Å²) in [5.41, 5.74) is 2.85. The van der Waals surface area contributed by atoms with E-state index in [0.717, 1.165) is 0 Å². The van der Waals surface area contributed by atoms with Crippen molar-refractivity contribution in [3.63, 3.8) is 0 Å². The van der Waals surface area contributed by atoms with Crippen LogP contribution in [0.5, 0.6) is 0 Å². The van der Waals surface area contributed by atoms with Crippen molar-refractivity contribution < 1.29 is 24.3 Å². The third-order valence-electron chi connectivity index (χ3n) is 6.78. The van der Waals surface area contributed by atoms with Gasteiger partial charge < -0.3 is 30.9 Å². The monoisotopic (exact) mass is 569 g/mol. The molecule has 12 heteroatoms. The predicted molar refractivity (Wildman–Crippen MR) is 155 cm³/mol. The second-order valence-corrected chi connectivity index (χ2v) is 9.60. The average molecular weight is 570 g/mol. The summed E-state index contributed by atoms with van der Waals surface area (Å²) in [5, 5.41) is 26.6. The van der Waals surface area contributed by atoms with Gasteiger partial charge in [-0.25, -0.2) is 4.79 Å². The maximum absolute atomic E-state index is 13.2. The third-order valence-corrected chi connectivity index (χ3v) is 6.78. The van der Waals surface area contributed by atoms with E-state index in [2.05, 4.69) is 20.9 Å². The summed E-state index contributed by atoms with van der Waals surface area (Å²) < 4.78 is 0. The van der Waals surface area contributed by atoms with Crippen LogP contribution in [0.25, 0.3) is 0 Å². The molecule has 0 saturated carbocycles. The van der Waals surface area contributed by atoms with Gasteiger partial charge in [-0.1, -0.05) is 6.07 Å². The molecule has 3 aromatic rings. The Kier molecular flexibility index (Phi) is 9.68. The van der Waals surface area contributed by atoms with Gasteiger partial charge in [0.1, 0.15) is 0 Å². The minimum atomic E-state index is -1.07. The molecule has 4 rings (SSSR count). The zero-order chi connectivity index (χ0) is 30.1. The highest BCUT2D eigenvalue weighted by atomic mass is 16.4. The van der Waals surface area contributed by atoms with Crippen molar-refractivity contribution in [2.75, 3.05) is 42.9 Å². The number of aromatic nitrogens is 1. The number of urea groups is 1. The molecule has 0 aliphatic carbocycles. The number of hydrogen-bond donors (Lipinski definition) is 4. The molecule has 2 heterocycles. The molecule has 0 radical (unpaired) electrons. The lowest BCUT2D eigenvalue weighted by atomic mass is 10.0. The molecule has 1 unspecified atom stereocenters. The van der Waals surface area contributed by atoms with E-state index in [1.165, 1.54) is 6.20 Å². The topological polar surface area (TPSA) is 168 Å². The van der Waals surface area contributed by atoms with E-state index in [1.807, 2.05) is 11.0 Å². The summed E-state index contributed by atoms with van der Waals surface area (Å²) >= 11 is 0. The van der Waals surface area contributed by atoms with Crippen LogP contribution in [0.1, 0.15) is 51.2 Å². The first-order valence-electron chi connectivity index (χ1n) is 13.4. The minimum absolute atomic E-state index is 0.128. The van der Waals surface area contributed by atoms with Gasteiger partial charge in [0.05, 0.1) is 35.5 Å². The van der Waals surface area contributed by atoms with Gasteiger partial charge in [0, 0.05) is 56.2 Å². The van der Waals surface area contributed by atoms with E-state index in [-0.39, 0.29) is 17.9 Å². The average Bonchev–Trinajstić information content (AvgIpc) is 3.01. The summed E-state index contributed by atoms with van der Waals surface area (Å²) in [4.78, 5) is 57.9. The molecule has 1 atom stereocenters. The van der Waals surface area contributed by atoms with Crippen molar-refractivity contribution in [3.05, 3.63) is 89.2 Å². The Morgan fingerprint density at radius 2 is 1.74 bits per heavy atom. The van der Waals surface area contributed by atoms with Crippen molar-refractivity contribution in [3.8, 4) is 6.07 Å². The maximum atomic E-state index is 13.2. The van der Waals surface area contributed by atoms with E-state index in [4.69, 9.17) is 5.26 Å². The fourth-order valence-corrected chi connectivity index (χ4v) is 4.65. The lowest BCUT2D eigenvalue weighted by Crippen LogP contribution is -2.49. The SMILES string of the molecule is CCNC(=O)Nc1cc(C(=O)NC(CC(=O)O)c2cccnc2)ccc1N1CCN(C(=O)c2ccc(C#N)cc2)CC1. The highest BCUT2D eigenvalue weighted by molar-refractivity contribution is 6.00. The van der Waals surface area contributed by atoms with E-state index < -0.39 is 23.9 Å². The Morgan fingerprint density at radius 3 is 2.36 bits per heavy atom. The maximum Gasteiger partial charge on any atom is 0.319 e. The lowest BCUT2D eigenvalue weighted by Gasteiger charge is -2.37. The van der Waals surface area contributed by atoms with Crippen molar-refractivity contribution in [1.29, 1.82) is 5.26 Å². The van der Waals surface area contributed by atoms with Gasteiger partial charge in [0.2, 0.25) is 0 Å². The molecule has 0 bridgehead atoms. The third kappa shape index (κ3) is 7.39. The summed E-state index contributed by atoms with van der Waals surface area (Å²) in [6.07, 6.45) is 2.74. The molecule has 2 aromatic carbocycles. The summed E-state index contributed by atoms with van der Waals surface area (Å²) in [7, 11) is 0. The van der Waals surface area contributed by atoms with Gasteiger partial charge in [-0.3, -0.25) is 19.4 Å². The molecule has 216 valence electrons. The first-order chi connectivity index (χ1) is 20.3. The highest BCUT2D eigenvalue weighted by Crippen LogP contribution is 2.29. The summed E-state index contributed by atoms with van der Waals surface area (Å²) in [5.74, 6) is -1.71. The van der Waals surface area contributed by atoms with Crippen LogP contribution >= 0.6 is 0 Å². The van der Waals surface area contributed by atoms with Crippen LogP contribution in [0.2, 0.25) is 0 Å². The van der Waals surface area contributed by atoms with Gasteiger partial charge in [-0.05, 0) is 61.0 Å². The predicted octanol–water partition coefficient (Wildman–Crippen LogP) is 3.00. The van der Waals surface area contributed by atoms with Crippen molar-refractivity contribution in [1.82, 2.24) is 20.5 Å². The van der Waals surface area contributed by atoms with E-state index in [1.54, 1.807) is 72.6 Å². The molecular formula is C30H31N7O5. The standard InChI is InChI=1S/C30H31N7O5/c1-2-33-30(42)35-25-16-22(28(40)34-24(17-27(38)39)23-4-3-11-32-19-23)9-10-26(25)36-12-14-37(15-13-36)29(41)21-7-5-20(18-31)6-8-21/h3-11,16,19,24H,2,12-15,17H2,1H3,(H,34,40)(H,38,39)(H2,33,35,42). The molecule has 1 saturated heterocycles. The number of nitrogens with zero attached hydrogens (tertiary/aromatic N) is 4. The molecule has 12 nitrogen and oxygen atoms in total. The van der Waals surface area contributed by atoms with Crippen molar-refractivity contribution in [2.45, 2.75) is 19.4 Å². The Balaban J connectivity index is 1.51. The Morgan fingerprint density at radius 1 is 1.02 bits per heavy atom. The van der Waals surface area contributed by atoms with E-state index in [9.17, 15) is 24.3 Å². The van der Waals surface area contributed by atoms with Gasteiger partial charge >= 0.3 is 12.0 Å². The summed E-state index contributed by atoms with van der Waals surface area (Å²) in [6.45, 7) is 4.03. The van der Waals surface area contributed by atoms with Crippen molar-refractivity contribution in [2.24, 2.45) is 0 Å². The smallest absolute Gasteiger partial charge is 0.319 e. The molecule has 1 aromatic heterocycles. The first kappa shape index (κ1) is 29.5. The van der Waals surface area contributed by atoms with Gasteiger partial charge in [-0.2, -0.15) is 5.26 Å². The number of aliphatic carboxylic acids is 1. The normalized spacial score (nSPS) is 13.4. The van der Waals surface area contributed by atoms with Crippen molar-refractivity contribution >= 4 is 35.2 Å². The molecule has 42 heavy (non-hydrogen) atoms. The Bertz CT molecular complexity index is 1480. The van der Waals surface area contributed by atoms with Gasteiger partial charge in [-0.15, -0.1) is 0 Å². The van der Waals surface area contributed by atoms with Crippen LogP contribution in [-0.2, 0) is 4.79 Å². The highest BCUT2D eigenvalue weighted by Gasteiger charge is 2.25. The van der Waals surface area contributed by atoms with Gasteiger partial charge in [0.25, 0.3) is 11.8 Å². The van der Waals surface area contributed by atoms with Gasteiger partial charge in [0.15, 0.2) is 0 Å². The minimum Gasteiger partial charge on any atom is -0.481 e. The van der Waals surface area contributed by atoms with Crippen LogP contribution in [0, 0.1) is 11.3 Å². The molecule has 4 amide bonds. The number of rotatable bonds is 9. The molecule has 0 spiro atoms. The molecule has 1 aliphatic rings. The van der Waals surface area contributed by atoms with Crippen LogP contribution in [-0.4, -0.2) is 71.5 Å². The second-order valence-electron chi connectivity index (χ2n) is 9.60. The molecule has 4 N–H and O–H groups in total. The van der Waals surface area contributed by atoms with E-state index in [0.29, 0.717) is 60.8 Å². The number of nitriles is 1. The second kappa shape index (κ2) is 13.8. The first-order valence-corrected chi connectivity index (χ1v) is 13.4.